The van der Waals surface area contributed by atoms with Gasteiger partial charge >= 0.3 is 0 Å². The summed E-state index contributed by atoms with van der Waals surface area (Å²) >= 11 is 0. The number of fused-ring (bicyclic) bond motifs is 1. The van der Waals surface area contributed by atoms with Gasteiger partial charge in [0.15, 0.2) is 5.82 Å². The van der Waals surface area contributed by atoms with E-state index in [2.05, 4.69) is 49.0 Å². The molecule has 1 atom stereocenters. The van der Waals surface area contributed by atoms with Crippen LogP contribution in [0.25, 0.3) is 22.3 Å². The molecule has 0 saturated heterocycles. The number of aryl methyl sites for hydroxylation is 1. The predicted octanol–water partition coefficient (Wildman–Crippen LogP) is 6.45. The highest BCUT2D eigenvalue weighted by molar-refractivity contribution is 5.97. The molecule has 0 saturated carbocycles. The summed E-state index contributed by atoms with van der Waals surface area (Å²) in [5.41, 5.74) is 5.11. The zero-order chi connectivity index (χ0) is 24.7. The van der Waals surface area contributed by atoms with Crippen molar-refractivity contribution in [1.82, 2.24) is 20.3 Å². The van der Waals surface area contributed by atoms with E-state index in [0.717, 1.165) is 40.6 Å². The minimum absolute atomic E-state index is 0.103. The van der Waals surface area contributed by atoms with Crippen LogP contribution in [-0.2, 0) is 0 Å². The van der Waals surface area contributed by atoms with E-state index in [9.17, 15) is 4.79 Å². The van der Waals surface area contributed by atoms with E-state index in [0.29, 0.717) is 29.7 Å². The average Bonchev–Trinajstić information content (AvgIpc) is 2.82. The summed E-state index contributed by atoms with van der Waals surface area (Å²) in [6.45, 7) is 15.2. The molecule has 3 rings (SSSR count). The van der Waals surface area contributed by atoms with Crippen LogP contribution in [0.2, 0.25) is 0 Å². The molecule has 34 heavy (non-hydrogen) atoms. The average molecular weight is 458 g/mol. The molecule has 2 N–H and O–H groups in total. The number of carbonyl (C=O) groups excluding carboxylic acids is 1. The highest BCUT2D eigenvalue weighted by Crippen LogP contribution is 2.27. The Balaban J connectivity index is 2.01. The van der Waals surface area contributed by atoms with E-state index in [1.54, 1.807) is 12.4 Å². The number of nitrogens with zero attached hydrogens (tertiary/aromatic N) is 3. The second kappa shape index (κ2) is 11.5. The number of amides is 1. The van der Waals surface area contributed by atoms with Gasteiger partial charge in [-0.15, -0.1) is 0 Å². The van der Waals surface area contributed by atoms with E-state index in [1.807, 2.05) is 38.1 Å². The Bertz CT molecular complexity index is 1210. The number of anilines is 1. The van der Waals surface area contributed by atoms with Gasteiger partial charge in [0.2, 0.25) is 0 Å². The molecule has 0 aliphatic carbocycles. The van der Waals surface area contributed by atoms with Crippen LogP contribution in [0.4, 0.5) is 5.82 Å². The first kappa shape index (κ1) is 25.1. The van der Waals surface area contributed by atoms with Crippen LogP contribution in [0.5, 0.6) is 0 Å². The van der Waals surface area contributed by atoms with Crippen LogP contribution in [-0.4, -0.2) is 27.4 Å². The van der Waals surface area contributed by atoms with Crippen LogP contribution in [0.1, 0.15) is 62.9 Å². The first-order valence-electron chi connectivity index (χ1n) is 12.0. The number of pyridine rings is 1. The molecule has 0 spiro atoms. The largest absolute Gasteiger partial charge is 0.352 e. The lowest BCUT2D eigenvalue weighted by molar-refractivity contribution is 0.0955. The summed E-state index contributed by atoms with van der Waals surface area (Å²) < 4.78 is 0. The van der Waals surface area contributed by atoms with Crippen molar-refractivity contribution in [2.75, 3.05) is 11.9 Å². The molecule has 3 aromatic rings. The van der Waals surface area contributed by atoms with Crippen molar-refractivity contribution in [2.24, 2.45) is 5.92 Å². The number of aromatic nitrogens is 3. The molecule has 1 amide bonds. The van der Waals surface area contributed by atoms with Gasteiger partial charge in [-0.2, -0.15) is 0 Å². The van der Waals surface area contributed by atoms with Crippen molar-refractivity contribution in [3.8, 4) is 11.4 Å². The van der Waals surface area contributed by atoms with Crippen LogP contribution < -0.4 is 10.6 Å². The molecule has 2 heterocycles. The summed E-state index contributed by atoms with van der Waals surface area (Å²) in [6, 6.07) is 7.60. The van der Waals surface area contributed by atoms with Crippen molar-refractivity contribution >= 4 is 22.6 Å². The number of hydrogen-bond acceptors (Lipinski definition) is 5. The van der Waals surface area contributed by atoms with Crippen molar-refractivity contribution in [3.05, 3.63) is 71.7 Å². The van der Waals surface area contributed by atoms with Gasteiger partial charge in [0, 0.05) is 35.0 Å². The quantitative estimate of drug-likeness (QED) is 0.342. The first-order valence-corrected chi connectivity index (χ1v) is 12.0. The standard InChI is InChI=1S/C28H35N5O/c1-7-10-21(8-2)19(5)15-20(6)31-27-23-13-14-29-17-25(23)32-26(33-27)22-12-11-18(4)24(16-22)28(34)30-9-3/h11-17,21H,6-10H2,1-5H3,(H,30,34)(H,31,32,33)/b19-15-. The predicted molar refractivity (Wildman–Crippen MR) is 141 cm³/mol. The van der Waals surface area contributed by atoms with Crippen molar-refractivity contribution < 1.29 is 4.79 Å². The Morgan fingerprint density at radius 3 is 2.68 bits per heavy atom. The number of hydrogen-bond donors (Lipinski definition) is 2. The van der Waals surface area contributed by atoms with Gasteiger partial charge < -0.3 is 10.6 Å². The second-order valence-electron chi connectivity index (χ2n) is 8.61. The summed E-state index contributed by atoms with van der Waals surface area (Å²) in [5, 5.41) is 7.12. The van der Waals surface area contributed by atoms with E-state index < -0.39 is 0 Å². The van der Waals surface area contributed by atoms with Crippen LogP contribution >= 0.6 is 0 Å². The molecule has 1 aromatic carbocycles. The molecule has 0 fully saturated rings. The first-order chi connectivity index (χ1) is 16.4. The molecule has 1 unspecified atom stereocenters. The highest BCUT2D eigenvalue weighted by atomic mass is 16.1. The maximum absolute atomic E-state index is 12.5. The maximum atomic E-state index is 12.5. The van der Waals surface area contributed by atoms with Gasteiger partial charge in [-0.3, -0.25) is 9.78 Å². The molecule has 6 nitrogen and oxygen atoms in total. The van der Waals surface area contributed by atoms with Gasteiger partial charge in [-0.25, -0.2) is 9.97 Å². The molecule has 0 aliphatic heterocycles. The molecular weight excluding hydrogens is 422 g/mol. The molecule has 2 aromatic heterocycles. The Labute approximate surface area is 202 Å². The Morgan fingerprint density at radius 1 is 1.18 bits per heavy atom. The number of rotatable bonds is 10. The Hall–Kier alpha value is -3.54. The molecular formula is C28H35N5O. The summed E-state index contributed by atoms with van der Waals surface area (Å²) in [7, 11) is 0. The van der Waals surface area contributed by atoms with Crippen LogP contribution in [0.15, 0.2) is 60.6 Å². The molecule has 0 radical (unpaired) electrons. The smallest absolute Gasteiger partial charge is 0.251 e. The highest BCUT2D eigenvalue weighted by Gasteiger charge is 2.14. The van der Waals surface area contributed by atoms with E-state index in [1.165, 1.54) is 12.0 Å². The molecule has 178 valence electrons. The third-order valence-corrected chi connectivity index (χ3v) is 6.03. The lowest BCUT2D eigenvalue weighted by Gasteiger charge is -2.16. The van der Waals surface area contributed by atoms with E-state index in [-0.39, 0.29) is 5.91 Å². The molecule has 0 aliphatic rings. The number of carbonyl (C=O) groups is 1. The summed E-state index contributed by atoms with van der Waals surface area (Å²) in [6.07, 6.45) is 9.00. The number of allylic oxidation sites excluding steroid dienone is 2. The molecule has 0 bridgehead atoms. The van der Waals surface area contributed by atoms with Crippen LogP contribution in [0.3, 0.4) is 0 Å². The van der Waals surface area contributed by atoms with Gasteiger partial charge in [0.1, 0.15) is 5.82 Å². The van der Waals surface area contributed by atoms with E-state index in [4.69, 9.17) is 9.97 Å². The monoisotopic (exact) mass is 457 g/mol. The molecule has 6 heteroatoms. The lowest BCUT2D eigenvalue weighted by Crippen LogP contribution is -2.23. The summed E-state index contributed by atoms with van der Waals surface area (Å²) in [4.78, 5) is 26.3. The fraction of sp³-hybridized carbons (Fsp3) is 0.357. The number of benzene rings is 1. The fourth-order valence-corrected chi connectivity index (χ4v) is 4.15. The van der Waals surface area contributed by atoms with Crippen molar-refractivity contribution in [1.29, 1.82) is 0 Å². The third-order valence-electron chi connectivity index (χ3n) is 6.03. The van der Waals surface area contributed by atoms with Crippen molar-refractivity contribution in [2.45, 2.75) is 53.9 Å². The minimum atomic E-state index is -0.103. The van der Waals surface area contributed by atoms with Crippen molar-refractivity contribution in [3.63, 3.8) is 0 Å². The fourth-order valence-electron chi connectivity index (χ4n) is 4.15. The topological polar surface area (TPSA) is 79.8 Å². The van der Waals surface area contributed by atoms with Gasteiger partial charge in [-0.05, 0) is 63.3 Å². The van der Waals surface area contributed by atoms with Gasteiger partial charge in [-0.1, -0.05) is 44.6 Å². The lowest BCUT2D eigenvalue weighted by atomic mass is 9.92. The third kappa shape index (κ3) is 5.87. The normalized spacial score (nSPS) is 12.4. The Kier molecular flexibility index (Phi) is 8.52. The van der Waals surface area contributed by atoms with E-state index >= 15 is 0 Å². The second-order valence-corrected chi connectivity index (χ2v) is 8.61. The maximum Gasteiger partial charge on any atom is 0.251 e. The zero-order valence-corrected chi connectivity index (χ0v) is 20.9. The van der Waals surface area contributed by atoms with Gasteiger partial charge in [0.05, 0.1) is 11.7 Å². The zero-order valence-electron chi connectivity index (χ0n) is 20.9. The number of nitrogens with one attached hydrogen (secondary N) is 2. The SMILES string of the molecule is C=C(/C=C(/C)C(CC)CCC)Nc1nc(-c2ccc(C)c(C(=O)NCC)c2)nc2cnccc12. The minimum Gasteiger partial charge on any atom is -0.352 e. The van der Waals surface area contributed by atoms with Crippen LogP contribution in [0, 0.1) is 12.8 Å². The summed E-state index contributed by atoms with van der Waals surface area (Å²) in [5.74, 6) is 1.64. The Morgan fingerprint density at radius 2 is 1.97 bits per heavy atom. The van der Waals surface area contributed by atoms with Gasteiger partial charge in [0.25, 0.3) is 5.91 Å².